The van der Waals surface area contributed by atoms with Gasteiger partial charge in [0.05, 0.1) is 20.5 Å². The van der Waals surface area contributed by atoms with Gasteiger partial charge in [-0.05, 0) is 164 Å². The zero-order chi connectivity index (χ0) is 34.0. The van der Waals surface area contributed by atoms with Gasteiger partial charge in [0.1, 0.15) is 6.29 Å². The molecule has 5 nitrogen and oxygen atoms in total. The molecule has 1 aliphatic carbocycles. The minimum absolute atomic E-state index is 0.407. The lowest BCUT2D eigenvalue weighted by Gasteiger charge is -2.35. The van der Waals surface area contributed by atoms with Crippen LogP contribution in [-0.4, -0.2) is 58.7 Å². The Hall–Kier alpha value is -2.32. The molecule has 1 aromatic carbocycles. The maximum atomic E-state index is 10.6. The number of thiophene rings is 1. The highest BCUT2D eigenvalue weighted by Crippen LogP contribution is 2.45. The Labute approximate surface area is 311 Å². The third kappa shape index (κ3) is 9.47. The van der Waals surface area contributed by atoms with E-state index in [9.17, 15) is 4.79 Å². The number of terminal acetylenes is 1. The van der Waals surface area contributed by atoms with Crippen LogP contribution in [0.25, 0.3) is 10.6 Å². The van der Waals surface area contributed by atoms with E-state index in [0.29, 0.717) is 17.8 Å². The third-order valence-corrected chi connectivity index (χ3v) is 13.0. The van der Waals surface area contributed by atoms with Crippen molar-refractivity contribution in [2.45, 2.75) is 62.0 Å². The average Bonchev–Trinajstić information content (AvgIpc) is 3.51. The SMILES string of the molecule is C#C.Cc1cc(Br)c2c(c1)CCc1cc(Br)cnc1C2C1CCN(C)CC1.O=CCC1CCN(Sc2ccc(-c3ccccn3)s2)CC1. The highest BCUT2D eigenvalue weighted by molar-refractivity contribution is 9.10. The number of carbonyl (C=O) groups is 1. The predicted octanol–water partition coefficient (Wildman–Crippen LogP) is 9.85. The molecular weight excluding hydrogens is 764 g/mol. The molecule has 3 aromatic heterocycles. The van der Waals surface area contributed by atoms with E-state index in [2.05, 4.69) is 103 Å². The molecule has 1 unspecified atom stereocenters. The number of piperidine rings is 2. The van der Waals surface area contributed by atoms with Gasteiger partial charge in [0.2, 0.25) is 0 Å². The van der Waals surface area contributed by atoms with Crippen molar-refractivity contribution in [2.75, 3.05) is 33.2 Å². The number of rotatable bonds is 6. The van der Waals surface area contributed by atoms with Gasteiger partial charge < -0.3 is 9.69 Å². The van der Waals surface area contributed by atoms with Crippen LogP contribution in [-0.2, 0) is 17.6 Å². The number of fused-ring (bicyclic) bond motifs is 2. The van der Waals surface area contributed by atoms with Crippen LogP contribution < -0.4 is 0 Å². The molecule has 48 heavy (non-hydrogen) atoms. The van der Waals surface area contributed by atoms with Crippen LogP contribution >= 0.6 is 55.1 Å². The Balaban J connectivity index is 0.000000181. The van der Waals surface area contributed by atoms with Gasteiger partial charge in [-0.25, -0.2) is 4.31 Å². The molecule has 0 amide bonds. The summed E-state index contributed by atoms with van der Waals surface area (Å²) in [4.78, 5) is 23.6. The van der Waals surface area contributed by atoms with E-state index in [-0.39, 0.29) is 0 Å². The maximum Gasteiger partial charge on any atom is 0.120 e. The molecule has 252 valence electrons. The van der Waals surface area contributed by atoms with Gasteiger partial charge in [-0.1, -0.05) is 28.1 Å². The van der Waals surface area contributed by atoms with E-state index >= 15 is 0 Å². The summed E-state index contributed by atoms with van der Waals surface area (Å²) in [5, 5.41) is 0. The summed E-state index contributed by atoms with van der Waals surface area (Å²) >= 11 is 11.2. The zero-order valence-corrected chi connectivity index (χ0v) is 32.6. The van der Waals surface area contributed by atoms with Crippen LogP contribution in [0, 0.1) is 31.6 Å². The minimum atomic E-state index is 0.407. The molecule has 0 spiro atoms. The Morgan fingerprint density at radius 2 is 1.71 bits per heavy atom. The molecular formula is C39H44Br2N4OS2. The van der Waals surface area contributed by atoms with E-state index in [1.54, 1.807) is 11.3 Å². The lowest BCUT2D eigenvalue weighted by molar-refractivity contribution is -0.108. The first-order valence-corrected chi connectivity index (χ1v) is 19.9. The van der Waals surface area contributed by atoms with E-state index in [1.165, 1.54) is 67.4 Å². The van der Waals surface area contributed by atoms with Crippen molar-refractivity contribution in [2.24, 2.45) is 11.8 Å². The molecule has 7 rings (SSSR count). The molecule has 0 saturated carbocycles. The first kappa shape index (κ1) is 36.9. The maximum absolute atomic E-state index is 10.6. The first-order valence-electron chi connectivity index (χ1n) is 16.7. The standard InChI is InChI=1S/C21H24Br2N2.C16H18N2OS2.C2H2/c1-13-9-15-3-4-16-11-17(22)12-24-21(16)20(19(15)18(23)10-13)14-5-7-25(2)8-6-14;19-12-8-13-6-10-18(11-7-13)21-16-5-4-15(20-16)14-3-1-2-9-17-14;1-2/h9-12,14,20H,3-8H2,1-2H3;1-5,9,12-13H,6-8,10-11H2;1-2H. The largest absolute Gasteiger partial charge is 0.306 e. The van der Waals surface area contributed by atoms with Gasteiger partial charge in [0, 0.05) is 46.8 Å². The van der Waals surface area contributed by atoms with Crippen LogP contribution in [0.4, 0.5) is 0 Å². The quantitative estimate of drug-likeness (QED) is 0.110. The Bertz CT molecular complexity index is 1660. The van der Waals surface area contributed by atoms with Crippen molar-refractivity contribution < 1.29 is 4.79 Å². The summed E-state index contributed by atoms with van der Waals surface area (Å²) in [6.45, 7) is 6.71. The van der Waals surface area contributed by atoms with Crippen LogP contribution in [0.3, 0.4) is 0 Å². The number of halogens is 2. The summed E-state index contributed by atoms with van der Waals surface area (Å²) in [6, 6.07) is 17.3. The Morgan fingerprint density at radius 1 is 0.958 bits per heavy atom. The molecule has 9 heteroatoms. The molecule has 2 fully saturated rings. The number of hydrogen-bond acceptors (Lipinski definition) is 7. The van der Waals surface area contributed by atoms with Gasteiger partial charge in [0.25, 0.3) is 0 Å². The predicted molar refractivity (Wildman–Crippen MR) is 209 cm³/mol. The fourth-order valence-electron chi connectivity index (χ4n) is 7.09. The number of benzene rings is 1. The zero-order valence-electron chi connectivity index (χ0n) is 27.8. The topological polar surface area (TPSA) is 49.3 Å². The van der Waals surface area contributed by atoms with E-state index in [1.807, 2.05) is 42.5 Å². The summed E-state index contributed by atoms with van der Waals surface area (Å²) < 4.78 is 6.08. The van der Waals surface area contributed by atoms with Crippen LogP contribution in [0.5, 0.6) is 0 Å². The average molecular weight is 809 g/mol. The third-order valence-electron chi connectivity index (χ3n) is 9.55. The van der Waals surface area contributed by atoms with Crippen molar-refractivity contribution >= 4 is 61.4 Å². The number of hydrogen-bond donors (Lipinski definition) is 0. The second-order valence-electron chi connectivity index (χ2n) is 12.8. The summed E-state index contributed by atoms with van der Waals surface area (Å²) in [6.07, 6.45) is 20.5. The number of carbonyl (C=O) groups excluding carboxylic acids is 1. The minimum Gasteiger partial charge on any atom is -0.306 e. The molecule has 0 N–H and O–H groups in total. The number of likely N-dealkylation sites (tertiary alicyclic amines) is 1. The van der Waals surface area contributed by atoms with Gasteiger partial charge >= 0.3 is 0 Å². The fraction of sp³-hybridized carbons (Fsp3) is 0.410. The number of nitrogens with zero attached hydrogens (tertiary/aromatic N) is 4. The smallest absolute Gasteiger partial charge is 0.120 e. The molecule has 0 radical (unpaired) electrons. The number of aromatic nitrogens is 2. The monoisotopic (exact) mass is 806 g/mol. The van der Waals surface area contributed by atoms with E-state index < -0.39 is 0 Å². The van der Waals surface area contributed by atoms with E-state index in [4.69, 9.17) is 4.98 Å². The van der Waals surface area contributed by atoms with Crippen molar-refractivity contribution in [3.63, 3.8) is 0 Å². The van der Waals surface area contributed by atoms with Crippen LogP contribution in [0.2, 0.25) is 0 Å². The van der Waals surface area contributed by atoms with Crippen LogP contribution in [0.15, 0.2) is 74.1 Å². The van der Waals surface area contributed by atoms with Gasteiger partial charge in [-0.3, -0.25) is 9.97 Å². The number of aryl methyl sites for hydroxylation is 3. The van der Waals surface area contributed by atoms with Crippen LogP contribution in [0.1, 0.15) is 66.0 Å². The van der Waals surface area contributed by atoms with Crippen molar-refractivity contribution in [1.82, 2.24) is 19.2 Å². The highest BCUT2D eigenvalue weighted by atomic mass is 79.9. The van der Waals surface area contributed by atoms with Crippen molar-refractivity contribution in [1.29, 1.82) is 0 Å². The Kier molecular flexibility index (Phi) is 13.9. The lowest BCUT2D eigenvalue weighted by Crippen LogP contribution is -2.33. The van der Waals surface area contributed by atoms with Crippen molar-refractivity contribution in [3.05, 3.63) is 97.8 Å². The molecule has 1 atom stereocenters. The second-order valence-corrected chi connectivity index (χ2v) is 17.1. The van der Waals surface area contributed by atoms with Gasteiger partial charge in [-0.15, -0.1) is 24.2 Å². The van der Waals surface area contributed by atoms with Gasteiger partial charge in [-0.2, -0.15) is 0 Å². The summed E-state index contributed by atoms with van der Waals surface area (Å²) in [7, 11) is 2.24. The first-order chi connectivity index (χ1) is 23.4. The van der Waals surface area contributed by atoms with Gasteiger partial charge in [0.15, 0.2) is 0 Å². The summed E-state index contributed by atoms with van der Waals surface area (Å²) in [5.74, 6) is 1.66. The molecule has 2 aliphatic heterocycles. The highest BCUT2D eigenvalue weighted by Gasteiger charge is 2.35. The molecule has 5 heterocycles. The molecule has 4 aromatic rings. The number of aldehydes is 1. The Morgan fingerprint density at radius 3 is 2.42 bits per heavy atom. The van der Waals surface area contributed by atoms with Crippen molar-refractivity contribution in [3.8, 4) is 23.4 Å². The second kappa shape index (κ2) is 18.1. The number of pyridine rings is 2. The fourth-order valence-corrected chi connectivity index (χ4v) is 10.6. The molecule has 0 bridgehead atoms. The molecule has 3 aliphatic rings. The summed E-state index contributed by atoms with van der Waals surface area (Å²) in [5.41, 5.74) is 8.10. The normalized spacial score (nSPS) is 18.7. The van der Waals surface area contributed by atoms with E-state index in [0.717, 1.165) is 61.6 Å². The molecule has 2 saturated heterocycles. The lowest BCUT2D eigenvalue weighted by atomic mass is 9.76.